The molecule has 0 radical (unpaired) electrons. The van der Waals surface area contributed by atoms with Crippen LogP contribution in [0.3, 0.4) is 0 Å². The van der Waals surface area contributed by atoms with Crippen LogP contribution in [0.4, 0.5) is 0 Å². The lowest BCUT2D eigenvalue weighted by Crippen LogP contribution is -2.54. The van der Waals surface area contributed by atoms with Crippen LogP contribution in [0.1, 0.15) is 53.2 Å². The molecule has 2 aliphatic rings. The number of esters is 1. The number of aromatic nitrogens is 1. The number of aromatic amines is 1. The molecule has 1 N–H and O–H groups in total. The van der Waals surface area contributed by atoms with Crippen molar-refractivity contribution in [1.82, 2.24) is 9.88 Å². The summed E-state index contributed by atoms with van der Waals surface area (Å²) in [6, 6.07) is 9.17. The summed E-state index contributed by atoms with van der Waals surface area (Å²) in [4.78, 5) is 32.8. The third-order valence-electron chi connectivity index (χ3n) is 6.53. The number of rotatable bonds is 4. The minimum Gasteiger partial charge on any atom is -0.465 e. The van der Waals surface area contributed by atoms with Gasteiger partial charge in [-0.05, 0) is 61.4 Å². The third-order valence-corrected chi connectivity index (χ3v) is 7.63. The fraction of sp³-hybridized carbons (Fsp3) is 0.391. The van der Waals surface area contributed by atoms with Crippen LogP contribution in [0.15, 0.2) is 35.7 Å². The van der Waals surface area contributed by atoms with Crippen LogP contribution in [-0.2, 0) is 16.0 Å². The number of hydrogen-bond donors (Lipinski definition) is 1. The molecule has 1 aliphatic carbocycles. The minimum atomic E-state index is -0.706. The molecule has 0 spiro atoms. The molecule has 5 nitrogen and oxygen atoms in total. The number of hydrogen-bond acceptors (Lipinski definition) is 4. The van der Waals surface area contributed by atoms with Crippen molar-refractivity contribution < 1.29 is 14.3 Å². The van der Waals surface area contributed by atoms with Gasteiger partial charge >= 0.3 is 5.97 Å². The topological polar surface area (TPSA) is 62.4 Å². The molecule has 1 unspecified atom stereocenters. The molecule has 1 aliphatic heterocycles. The monoisotopic (exact) mass is 442 g/mol. The first kappa shape index (κ1) is 19.6. The van der Waals surface area contributed by atoms with Gasteiger partial charge in [0.05, 0.1) is 22.9 Å². The Morgan fingerprint density at radius 3 is 2.83 bits per heavy atom. The van der Waals surface area contributed by atoms with E-state index in [0.29, 0.717) is 23.1 Å². The number of amides is 1. The summed E-state index contributed by atoms with van der Waals surface area (Å²) in [5.41, 5.74) is 2.39. The Morgan fingerprint density at radius 2 is 2.17 bits per heavy atom. The molecule has 30 heavy (non-hydrogen) atoms. The summed E-state index contributed by atoms with van der Waals surface area (Å²) in [7, 11) is 0. The van der Waals surface area contributed by atoms with Gasteiger partial charge in [-0.3, -0.25) is 9.59 Å². The molecule has 7 heteroatoms. The maximum absolute atomic E-state index is 13.5. The van der Waals surface area contributed by atoms with E-state index in [0.717, 1.165) is 47.8 Å². The normalized spacial score (nSPS) is 19.9. The number of nitrogens with zero attached hydrogens (tertiary/aromatic N) is 1. The lowest BCUT2D eigenvalue weighted by atomic mass is 9.61. The average molecular weight is 443 g/mol. The second-order valence-corrected chi connectivity index (χ2v) is 9.45. The maximum atomic E-state index is 13.5. The zero-order valence-corrected chi connectivity index (χ0v) is 18.3. The molecular weight excluding hydrogens is 420 g/mol. The van der Waals surface area contributed by atoms with E-state index in [-0.39, 0.29) is 17.9 Å². The highest BCUT2D eigenvalue weighted by atomic mass is 35.5. The number of carbonyl (C=O) groups excluding carboxylic acids is 2. The van der Waals surface area contributed by atoms with Crippen LogP contribution in [0, 0.1) is 5.41 Å². The molecule has 1 fully saturated rings. The predicted octanol–water partition coefficient (Wildman–Crippen LogP) is 5.36. The molecule has 0 saturated heterocycles. The van der Waals surface area contributed by atoms with E-state index >= 15 is 0 Å². The number of fused-ring (bicyclic) bond motifs is 3. The lowest BCUT2D eigenvalue weighted by Gasteiger charge is -2.50. The molecule has 1 amide bonds. The molecule has 1 atom stereocenters. The Hall–Kier alpha value is -2.31. The summed E-state index contributed by atoms with van der Waals surface area (Å²) in [6.45, 7) is 2.73. The Balaban J connectivity index is 1.68. The lowest BCUT2D eigenvalue weighted by molar-refractivity contribution is -0.168. The Morgan fingerprint density at radius 1 is 1.33 bits per heavy atom. The summed E-state index contributed by atoms with van der Waals surface area (Å²) in [6.07, 6.45) is 3.13. The number of ether oxygens (including phenoxy) is 1. The number of halogens is 1. The smallest absolute Gasteiger partial charge is 0.314 e. The standard InChI is InChI=1S/C23H23ClN2O3S/c1-2-29-22(28)23(9-4-10-23)20-19-15(16-13-14(24)6-7-17(16)25-19)8-11-26(20)21(27)18-5-3-12-30-18/h3,5-7,12-13,20,25H,2,4,8-11H2,1H3. The molecule has 2 aromatic heterocycles. The highest BCUT2D eigenvalue weighted by Crippen LogP contribution is 2.56. The van der Waals surface area contributed by atoms with Gasteiger partial charge in [-0.25, -0.2) is 0 Å². The molecule has 156 valence electrons. The Kier molecular flexibility index (Phi) is 4.86. The number of H-pyrrole nitrogens is 1. The number of benzene rings is 1. The molecule has 3 heterocycles. The van der Waals surface area contributed by atoms with Gasteiger partial charge in [0.15, 0.2) is 0 Å². The Labute approximate surface area is 184 Å². The van der Waals surface area contributed by atoms with Gasteiger partial charge in [0.1, 0.15) is 0 Å². The van der Waals surface area contributed by atoms with E-state index in [1.807, 2.05) is 47.5 Å². The van der Waals surface area contributed by atoms with Crippen molar-refractivity contribution in [3.8, 4) is 0 Å². The van der Waals surface area contributed by atoms with Crippen LogP contribution in [0.5, 0.6) is 0 Å². The first-order valence-corrected chi connectivity index (χ1v) is 11.6. The molecule has 3 aromatic rings. The van der Waals surface area contributed by atoms with Crippen molar-refractivity contribution >= 4 is 45.7 Å². The number of thiophene rings is 1. The van der Waals surface area contributed by atoms with Crippen LogP contribution >= 0.6 is 22.9 Å². The predicted molar refractivity (Wildman–Crippen MR) is 118 cm³/mol. The van der Waals surface area contributed by atoms with E-state index in [1.165, 1.54) is 11.3 Å². The van der Waals surface area contributed by atoms with E-state index in [1.54, 1.807) is 0 Å². The van der Waals surface area contributed by atoms with E-state index < -0.39 is 5.41 Å². The van der Waals surface area contributed by atoms with Crippen molar-refractivity contribution in [3.63, 3.8) is 0 Å². The quantitative estimate of drug-likeness (QED) is 0.553. The van der Waals surface area contributed by atoms with E-state index in [2.05, 4.69) is 4.98 Å². The maximum Gasteiger partial charge on any atom is 0.314 e. The highest BCUT2D eigenvalue weighted by Gasteiger charge is 2.57. The minimum absolute atomic E-state index is 0.0205. The highest BCUT2D eigenvalue weighted by molar-refractivity contribution is 7.12. The zero-order valence-electron chi connectivity index (χ0n) is 16.7. The van der Waals surface area contributed by atoms with Crippen molar-refractivity contribution in [2.45, 2.75) is 38.6 Å². The fourth-order valence-electron chi connectivity index (χ4n) is 5.02. The summed E-state index contributed by atoms with van der Waals surface area (Å²) in [5, 5.41) is 3.67. The van der Waals surface area contributed by atoms with Crippen molar-refractivity contribution in [2.24, 2.45) is 5.41 Å². The van der Waals surface area contributed by atoms with Gasteiger partial charge in [-0.1, -0.05) is 24.1 Å². The first-order chi connectivity index (χ1) is 14.5. The van der Waals surface area contributed by atoms with Crippen LogP contribution < -0.4 is 0 Å². The van der Waals surface area contributed by atoms with Crippen LogP contribution in [0.25, 0.3) is 10.9 Å². The average Bonchev–Trinajstić information content (AvgIpc) is 3.35. The number of carbonyl (C=O) groups is 2. The van der Waals surface area contributed by atoms with Gasteiger partial charge in [-0.15, -0.1) is 11.3 Å². The largest absolute Gasteiger partial charge is 0.465 e. The van der Waals surface area contributed by atoms with Crippen molar-refractivity contribution in [3.05, 3.63) is 56.9 Å². The summed E-state index contributed by atoms with van der Waals surface area (Å²) >= 11 is 7.70. The molecule has 5 rings (SSSR count). The van der Waals surface area contributed by atoms with E-state index in [4.69, 9.17) is 16.3 Å². The SMILES string of the molecule is CCOC(=O)C1(C2c3[nH]c4ccc(Cl)cc4c3CCN2C(=O)c2cccs2)CCC1. The van der Waals surface area contributed by atoms with Crippen LogP contribution in [0.2, 0.25) is 5.02 Å². The zero-order chi connectivity index (χ0) is 20.9. The second kappa shape index (κ2) is 7.43. The van der Waals surface area contributed by atoms with Crippen molar-refractivity contribution in [1.29, 1.82) is 0 Å². The van der Waals surface area contributed by atoms with E-state index in [9.17, 15) is 9.59 Å². The van der Waals surface area contributed by atoms with Gasteiger partial charge in [0, 0.05) is 28.2 Å². The fourth-order valence-corrected chi connectivity index (χ4v) is 5.87. The second-order valence-electron chi connectivity index (χ2n) is 8.07. The van der Waals surface area contributed by atoms with Gasteiger partial charge < -0.3 is 14.6 Å². The van der Waals surface area contributed by atoms with Crippen LogP contribution in [-0.4, -0.2) is 34.9 Å². The number of nitrogens with one attached hydrogen (secondary N) is 1. The first-order valence-electron chi connectivity index (χ1n) is 10.4. The summed E-state index contributed by atoms with van der Waals surface area (Å²) < 4.78 is 5.52. The molecule has 1 saturated carbocycles. The van der Waals surface area contributed by atoms with Crippen molar-refractivity contribution in [2.75, 3.05) is 13.2 Å². The third kappa shape index (κ3) is 2.88. The molecule has 1 aromatic carbocycles. The molecular formula is C23H23ClN2O3S. The molecule has 0 bridgehead atoms. The Bertz CT molecular complexity index is 1120. The van der Waals surface area contributed by atoms with Gasteiger partial charge in [-0.2, -0.15) is 0 Å². The van der Waals surface area contributed by atoms with Gasteiger partial charge in [0.2, 0.25) is 0 Å². The van der Waals surface area contributed by atoms with Gasteiger partial charge in [0.25, 0.3) is 5.91 Å². The summed E-state index contributed by atoms with van der Waals surface area (Å²) in [5.74, 6) is -0.220.